The fourth-order valence-electron chi connectivity index (χ4n) is 4.07. The zero-order valence-electron chi connectivity index (χ0n) is 11.7. The highest BCUT2D eigenvalue weighted by molar-refractivity contribution is 5.21. The number of hydrogen-bond donors (Lipinski definition) is 1. The Labute approximate surface area is 104 Å². The van der Waals surface area contributed by atoms with Gasteiger partial charge in [-0.2, -0.15) is 5.10 Å². The average molecular weight is 235 g/mol. The number of aryl methyl sites for hydroxylation is 1. The predicted molar refractivity (Wildman–Crippen MR) is 70.5 cm³/mol. The van der Waals surface area contributed by atoms with Crippen molar-refractivity contribution in [1.29, 1.82) is 0 Å². The fraction of sp³-hybridized carbons (Fsp3) is 0.786. The van der Waals surface area contributed by atoms with Crippen LogP contribution < -0.4 is 5.73 Å². The number of nitrogens with two attached hydrogens (primary N) is 1. The van der Waals surface area contributed by atoms with Crippen LogP contribution in [0.5, 0.6) is 0 Å². The van der Waals surface area contributed by atoms with Gasteiger partial charge in [-0.3, -0.25) is 4.68 Å². The molecule has 0 unspecified atom stereocenters. The van der Waals surface area contributed by atoms with Gasteiger partial charge in [0.25, 0.3) is 0 Å². The van der Waals surface area contributed by atoms with Gasteiger partial charge < -0.3 is 5.73 Å². The lowest BCUT2D eigenvalue weighted by Gasteiger charge is -2.50. The molecular weight excluding hydrogens is 210 g/mol. The lowest BCUT2D eigenvalue weighted by atomic mass is 9.57. The molecule has 1 fully saturated rings. The molecule has 1 aliphatic rings. The Hall–Kier alpha value is -0.830. The maximum atomic E-state index is 6.69. The van der Waals surface area contributed by atoms with Crippen LogP contribution in [0.4, 0.5) is 0 Å². The van der Waals surface area contributed by atoms with Gasteiger partial charge in [-0.05, 0) is 30.1 Å². The fourth-order valence-corrected chi connectivity index (χ4v) is 4.07. The van der Waals surface area contributed by atoms with E-state index in [1.165, 1.54) is 12.0 Å². The third-order valence-electron chi connectivity index (χ3n) is 3.82. The van der Waals surface area contributed by atoms with E-state index in [2.05, 4.69) is 39.0 Å². The van der Waals surface area contributed by atoms with E-state index >= 15 is 0 Å². The molecule has 17 heavy (non-hydrogen) atoms. The summed E-state index contributed by atoms with van der Waals surface area (Å²) >= 11 is 0. The van der Waals surface area contributed by atoms with Gasteiger partial charge in [0.05, 0.1) is 6.20 Å². The van der Waals surface area contributed by atoms with Gasteiger partial charge in [0.2, 0.25) is 0 Å². The molecule has 2 rings (SSSR count). The Morgan fingerprint density at radius 3 is 2.06 bits per heavy atom. The van der Waals surface area contributed by atoms with Crippen LogP contribution in [0.3, 0.4) is 0 Å². The molecule has 0 radical (unpaired) electrons. The summed E-state index contributed by atoms with van der Waals surface area (Å²) in [7, 11) is 1.95. The normalized spacial score (nSPS) is 25.8. The van der Waals surface area contributed by atoms with Crippen LogP contribution >= 0.6 is 0 Å². The third-order valence-corrected chi connectivity index (χ3v) is 3.82. The van der Waals surface area contributed by atoms with Crippen LogP contribution in [0.1, 0.15) is 52.5 Å². The Kier molecular flexibility index (Phi) is 2.66. The molecule has 0 amide bonds. The number of hydrogen-bond acceptors (Lipinski definition) is 2. The highest BCUT2D eigenvalue weighted by atomic mass is 15.2. The van der Waals surface area contributed by atoms with Crippen molar-refractivity contribution < 1.29 is 0 Å². The van der Waals surface area contributed by atoms with E-state index in [9.17, 15) is 0 Å². The van der Waals surface area contributed by atoms with Crippen LogP contribution in [-0.4, -0.2) is 9.78 Å². The highest BCUT2D eigenvalue weighted by Gasteiger charge is 2.46. The van der Waals surface area contributed by atoms with Crippen molar-refractivity contribution >= 4 is 0 Å². The summed E-state index contributed by atoms with van der Waals surface area (Å²) in [6, 6.07) is 0. The van der Waals surface area contributed by atoms with Gasteiger partial charge in [0, 0.05) is 24.3 Å². The van der Waals surface area contributed by atoms with Gasteiger partial charge in [-0.1, -0.05) is 27.7 Å². The molecule has 1 saturated carbocycles. The second-order valence-electron chi connectivity index (χ2n) is 7.42. The van der Waals surface area contributed by atoms with Crippen molar-refractivity contribution in [3.8, 4) is 0 Å². The van der Waals surface area contributed by atoms with E-state index in [0.29, 0.717) is 10.8 Å². The van der Waals surface area contributed by atoms with E-state index in [1.54, 1.807) is 0 Å². The molecule has 0 aromatic carbocycles. The summed E-state index contributed by atoms with van der Waals surface area (Å²) in [5, 5.41) is 4.27. The monoisotopic (exact) mass is 235 g/mol. The second kappa shape index (κ2) is 3.58. The smallest absolute Gasteiger partial charge is 0.0540 e. The minimum atomic E-state index is -0.223. The molecule has 96 valence electrons. The molecule has 1 aliphatic carbocycles. The molecule has 1 heterocycles. The van der Waals surface area contributed by atoms with Crippen molar-refractivity contribution in [3.05, 3.63) is 18.0 Å². The Balaban J connectivity index is 2.36. The highest BCUT2D eigenvalue weighted by Crippen LogP contribution is 2.52. The molecule has 2 N–H and O–H groups in total. The summed E-state index contributed by atoms with van der Waals surface area (Å²) in [5.41, 5.74) is 8.25. The average Bonchev–Trinajstić information content (AvgIpc) is 2.44. The summed E-state index contributed by atoms with van der Waals surface area (Å²) in [5.74, 6) is 0. The van der Waals surface area contributed by atoms with Crippen molar-refractivity contribution in [1.82, 2.24) is 9.78 Å². The van der Waals surface area contributed by atoms with Crippen LogP contribution in [0, 0.1) is 10.8 Å². The topological polar surface area (TPSA) is 43.8 Å². The second-order valence-corrected chi connectivity index (χ2v) is 7.42. The minimum absolute atomic E-state index is 0.223. The Bertz CT molecular complexity index is 399. The molecule has 0 aliphatic heterocycles. The first-order chi connectivity index (χ1) is 7.62. The van der Waals surface area contributed by atoms with E-state index in [1.807, 2.05) is 17.9 Å². The van der Waals surface area contributed by atoms with Crippen molar-refractivity contribution in [2.75, 3.05) is 0 Å². The summed E-state index contributed by atoms with van der Waals surface area (Å²) in [4.78, 5) is 0. The Morgan fingerprint density at radius 2 is 1.65 bits per heavy atom. The van der Waals surface area contributed by atoms with Crippen molar-refractivity contribution in [2.24, 2.45) is 23.6 Å². The number of nitrogens with zero attached hydrogens (tertiary/aromatic N) is 2. The summed E-state index contributed by atoms with van der Waals surface area (Å²) in [6.07, 6.45) is 7.30. The van der Waals surface area contributed by atoms with Gasteiger partial charge in [-0.15, -0.1) is 0 Å². The van der Waals surface area contributed by atoms with Crippen LogP contribution in [0.25, 0.3) is 0 Å². The van der Waals surface area contributed by atoms with E-state index in [-0.39, 0.29) is 5.54 Å². The van der Waals surface area contributed by atoms with Gasteiger partial charge in [-0.25, -0.2) is 0 Å². The van der Waals surface area contributed by atoms with Gasteiger partial charge >= 0.3 is 0 Å². The first kappa shape index (κ1) is 12.6. The van der Waals surface area contributed by atoms with Crippen LogP contribution in [0.15, 0.2) is 12.4 Å². The predicted octanol–water partition coefficient (Wildman–Crippen LogP) is 2.81. The zero-order chi connectivity index (χ0) is 12.9. The molecule has 1 aromatic rings. The molecule has 0 spiro atoms. The van der Waals surface area contributed by atoms with Crippen LogP contribution in [0.2, 0.25) is 0 Å². The van der Waals surface area contributed by atoms with Crippen molar-refractivity contribution in [3.63, 3.8) is 0 Å². The maximum Gasteiger partial charge on any atom is 0.0540 e. The molecule has 3 heteroatoms. The van der Waals surface area contributed by atoms with E-state index < -0.39 is 0 Å². The zero-order valence-corrected chi connectivity index (χ0v) is 11.7. The van der Waals surface area contributed by atoms with E-state index in [4.69, 9.17) is 5.73 Å². The minimum Gasteiger partial charge on any atom is -0.321 e. The Morgan fingerprint density at radius 1 is 1.12 bits per heavy atom. The molecule has 3 nitrogen and oxygen atoms in total. The molecule has 0 bridgehead atoms. The van der Waals surface area contributed by atoms with Crippen molar-refractivity contribution in [2.45, 2.75) is 52.5 Å². The van der Waals surface area contributed by atoms with Gasteiger partial charge in [0.1, 0.15) is 0 Å². The molecule has 0 saturated heterocycles. The maximum absolute atomic E-state index is 6.69. The number of aromatic nitrogens is 2. The summed E-state index contributed by atoms with van der Waals surface area (Å²) in [6.45, 7) is 9.30. The molecule has 0 atom stereocenters. The first-order valence-corrected chi connectivity index (χ1v) is 6.40. The lowest BCUT2D eigenvalue weighted by Crippen LogP contribution is -2.49. The first-order valence-electron chi connectivity index (χ1n) is 6.40. The number of rotatable bonds is 1. The SMILES string of the molecule is Cn1cc(C2(N)CC(C)(C)CC(C)(C)C2)cn1. The van der Waals surface area contributed by atoms with E-state index in [0.717, 1.165) is 12.8 Å². The standard InChI is InChI=1S/C14H25N3/c1-12(2)8-13(3,4)10-14(15,9-12)11-6-16-17(5)7-11/h6-7H,8-10,15H2,1-5H3. The quantitative estimate of drug-likeness (QED) is 0.813. The largest absolute Gasteiger partial charge is 0.321 e. The molecule has 1 aromatic heterocycles. The van der Waals surface area contributed by atoms with Gasteiger partial charge in [0.15, 0.2) is 0 Å². The third kappa shape index (κ3) is 2.54. The molecular formula is C14H25N3. The van der Waals surface area contributed by atoms with Crippen LogP contribution in [-0.2, 0) is 12.6 Å². The summed E-state index contributed by atoms with van der Waals surface area (Å²) < 4.78 is 1.85. The lowest BCUT2D eigenvalue weighted by molar-refractivity contribution is 0.0470.